The largest absolute Gasteiger partial charge is 0.302 e. The molecule has 0 unspecified atom stereocenters. The fraction of sp³-hybridized carbons (Fsp3) is 0.583. The van der Waals surface area contributed by atoms with Crippen molar-refractivity contribution in [3.05, 3.63) is 30.1 Å². The molecule has 78 valence electrons. The van der Waals surface area contributed by atoms with Crippen molar-refractivity contribution in [2.45, 2.75) is 27.3 Å². The zero-order chi connectivity index (χ0) is 10.6. The van der Waals surface area contributed by atoms with Gasteiger partial charge in [0.1, 0.15) is 0 Å². The van der Waals surface area contributed by atoms with Crippen LogP contribution >= 0.6 is 0 Å². The number of hydrogen-bond acceptors (Lipinski definition) is 2. The van der Waals surface area contributed by atoms with Crippen LogP contribution in [-0.4, -0.2) is 23.5 Å². The highest BCUT2D eigenvalue weighted by atomic mass is 15.1. The van der Waals surface area contributed by atoms with Gasteiger partial charge in [-0.3, -0.25) is 4.98 Å². The van der Waals surface area contributed by atoms with Gasteiger partial charge < -0.3 is 4.90 Å². The standard InChI is InChI=1S/C12H20N2/c1-12(2,3)10-14(4)9-11-6-5-7-13-8-11/h5-8H,9-10H2,1-4H3. The number of rotatable bonds is 3. The first-order chi connectivity index (χ1) is 6.47. The maximum absolute atomic E-state index is 4.11. The van der Waals surface area contributed by atoms with Crippen LogP contribution in [0.4, 0.5) is 0 Å². The molecule has 2 nitrogen and oxygen atoms in total. The minimum absolute atomic E-state index is 0.358. The Balaban J connectivity index is 2.46. The average molecular weight is 192 g/mol. The van der Waals surface area contributed by atoms with E-state index in [2.05, 4.69) is 43.8 Å². The summed E-state index contributed by atoms with van der Waals surface area (Å²) < 4.78 is 0. The Morgan fingerprint density at radius 2 is 2.07 bits per heavy atom. The number of hydrogen-bond donors (Lipinski definition) is 0. The summed E-state index contributed by atoms with van der Waals surface area (Å²) in [5, 5.41) is 0. The third kappa shape index (κ3) is 4.38. The average Bonchev–Trinajstić information content (AvgIpc) is 2.02. The number of aromatic nitrogens is 1. The van der Waals surface area contributed by atoms with Crippen LogP contribution in [-0.2, 0) is 6.54 Å². The van der Waals surface area contributed by atoms with E-state index in [0.29, 0.717) is 5.41 Å². The van der Waals surface area contributed by atoms with Crippen LogP contribution in [0.1, 0.15) is 26.3 Å². The van der Waals surface area contributed by atoms with E-state index in [1.807, 2.05) is 18.5 Å². The molecule has 0 spiro atoms. The van der Waals surface area contributed by atoms with Crippen LogP contribution < -0.4 is 0 Å². The highest BCUT2D eigenvalue weighted by Crippen LogP contribution is 2.15. The highest BCUT2D eigenvalue weighted by Gasteiger charge is 2.13. The van der Waals surface area contributed by atoms with Crippen LogP contribution in [0.2, 0.25) is 0 Å². The molecule has 0 radical (unpaired) electrons. The molecular weight excluding hydrogens is 172 g/mol. The second-order valence-corrected chi connectivity index (χ2v) is 5.09. The lowest BCUT2D eigenvalue weighted by Crippen LogP contribution is -2.28. The molecule has 0 aromatic carbocycles. The lowest BCUT2D eigenvalue weighted by Gasteiger charge is -2.26. The molecule has 14 heavy (non-hydrogen) atoms. The van der Waals surface area contributed by atoms with Crippen molar-refractivity contribution in [3.63, 3.8) is 0 Å². The van der Waals surface area contributed by atoms with E-state index in [4.69, 9.17) is 0 Å². The van der Waals surface area contributed by atoms with Gasteiger partial charge in [0.2, 0.25) is 0 Å². The molecule has 0 N–H and O–H groups in total. The maximum Gasteiger partial charge on any atom is 0.0312 e. The van der Waals surface area contributed by atoms with Gasteiger partial charge in [-0.25, -0.2) is 0 Å². The van der Waals surface area contributed by atoms with Gasteiger partial charge in [0.25, 0.3) is 0 Å². The Hall–Kier alpha value is -0.890. The smallest absolute Gasteiger partial charge is 0.0312 e. The molecule has 0 aliphatic rings. The van der Waals surface area contributed by atoms with Gasteiger partial charge >= 0.3 is 0 Å². The zero-order valence-corrected chi connectivity index (χ0v) is 9.62. The predicted octanol–water partition coefficient (Wildman–Crippen LogP) is 2.56. The van der Waals surface area contributed by atoms with Gasteiger partial charge in [0, 0.05) is 25.5 Å². The summed E-state index contributed by atoms with van der Waals surface area (Å²) in [6.07, 6.45) is 3.74. The molecule has 0 amide bonds. The molecule has 0 atom stereocenters. The summed E-state index contributed by atoms with van der Waals surface area (Å²) in [5.41, 5.74) is 1.64. The first-order valence-electron chi connectivity index (χ1n) is 5.05. The molecule has 1 rings (SSSR count). The Kier molecular flexibility index (Phi) is 3.64. The third-order valence-corrected chi connectivity index (χ3v) is 1.92. The van der Waals surface area contributed by atoms with Gasteiger partial charge in [-0.2, -0.15) is 0 Å². The molecule has 0 aliphatic carbocycles. The van der Waals surface area contributed by atoms with E-state index >= 15 is 0 Å². The topological polar surface area (TPSA) is 16.1 Å². The molecule has 1 aromatic rings. The first-order valence-corrected chi connectivity index (χ1v) is 5.05. The molecular formula is C12H20N2. The van der Waals surface area contributed by atoms with E-state index in [1.165, 1.54) is 5.56 Å². The van der Waals surface area contributed by atoms with Crippen molar-refractivity contribution in [1.29, 1.82) is 0 Å². The minimum atomic E-state index is 0.358. The summed E-state index contributed by atoms with van der Waals surface area (Å²) in [6.45, 7) is 8.85. The van der Waals surface area contributed by atoms with E-state index in [9.17, 15) is 0 Å². The highest BCUT2D eigenvalue weighted by molar-refractivity contribution is 5.07. The van der Waals surface area contributed by atoms with Crippen molar-refractivity contribution in [1.82, 2.24) is 9.88 Å². The Labute approximate surface area is 87.0 Å². The van der Waals surface area contributed by atoms with Crippen LogP contribution in [0, 0.1) is 5.41 Å². The van der Waals surface area contributed by atoms with E-state index in [0.717, 1.165) is 13.1 Å². The van der Waals surface area contributed by atoms with Crippen molar-refractivity contribution >= 4 is 0 Å². The van der Waals surface area contributed by atoms with Crippen LogP contribution in [0.15, 0.2) is 24.5 Å². The summed E-state index contributed by atoms with van der Waals surface area (Å²) in [6, 6.07) is 4.10. The summed E-state index contributed by atoms with van der Waals surface area (Å²) >= 11 is 0. The Bertz CT molecular complexity index is 261. The first kappa shape index (κ1) is 11.2. The van der Waals surface area contributed by atoms with Crippen LogP contribution in [0.25, 0.3) is 0 Å². The summed E-state index contributed by atoms with van der Waals surface area (Å²) in [7, 11) is 2.15. The second-order valence-electron chi connectivity index (χ2n) is 5.09. The fourth-order valence-electron chi connectivity index (χ4n) is 1.67. The molecule has 0 saturated carbocycles. The zero-order valence-electron chi connectivity index (χ0n) is 9.62. The fourth-order valence-corrected chi connectivity index (χ4v) is 1.67. The van der Waals surface area contributed by atoms with Gasteiger partial charge in [-0.15, -0.1) is 0 Å². The van der Waals surface area contributed by atoms with E-state index in [-0.39, 0.29) is 0 Å². The summed E-state index contributed by atoms with van der Waals surface area (Å²) in [5.74, 6) is 0. The lowest BCUT2D eigenvalue weighted by molar-refractivity contribution is 0.220. The second kappa shape index (κ2) is 4.56. The maximum atomic E-state index is 4.11. The van der Waals surface area contributed by atoms with Gasteiger partial charge in [0.15, 0.2) is 0 Å². The van der Waals surface area contributed by atoms with E-state index in [1.54, 1.807) is 0 Å². The Morgan fingerprint density at radius 1 is 1.36 bits per heavy atom. The van der Waals surface area contributed by atoms with Crippen LogP contribution in [0.5, 0.6) is 0 Å². The molecule has 2 heteroatoms. The van der Waals surface area contributed by atoms with Crippen molar-refractivity contribution < 1.29 is 0 Å². The summed E-state index contributed by atoms with van der Waals surface area (Å²) in [4.78, 5) is 6.44. The van der Waals surface area contributed by atoms with E-state index < -0.39 is 0 Å². The van der Waals surface area contributed by atoms with Crippen molar-refractivity contribution in [2.75, 3.05) is 13.6 Å². The molecule has 0 saturated heterocycles. The molecule has 0 fully saturated rings. The number of nitrogens with zero attached hydrogens (tertiary/aromatic N) is 2. The molecule has 1 aromatic heterocycles. The SMILES string of the molecule is CN(Cc1cccnc1)CC(C)(C)C. The van der Waals surface area contributed by atoms with Gasteiger partial charge in [-0.05, 0) is 24.1 Å². The van der Waals surface area contributed by atoms with Gasteiger partial charge in [0.05, 0.1) is 0 Å². The normalized spacial score (nSPS) is 12.1. The monoisotopic (exact) mass is 192 g/mol. The minimum Gasteiger partial charge on any atom is -0.302 e. The molecule has 0 bridgehead atoms. The van der Waals surface area contributed by atoms with Crippen molar-refractivity contribution in [2.24, 2.45) is 5.41 Å². The predicted molar refractivity (Wildman–Crippen MR) is 60.0 cm³/mol. The third-order valence-electron chi connectivity index (χ3n) is 1.92. The lowest BCUT2D eigenvalue weighted by atomic mass is 9.96. The quantitative estimate of drug-likeness (QED) is 0.731. The molecule has 1 heterocycles. The van der Waals surface area contributed by atoms with Crippen LogP contribution in [0.3, 0.4) is 0 Å². The Morgan fingerprint density at radius 3 is 2.57 bits per heavy atom. The molecule has 0 aliphatic heterocycles. The van der Waals surface area contributed by atoms with Crippen molar-refractivity contribution in [3.8, 4) is 0 Å². The number of pyridine rings is 1. The van der Waals surface area contributed by atoms with Gasteiger partial charge in [-0.1, -0.05) is 26.8 Å².